The lowest BCUT2D eigenvalue weighted by molar-refractivity contribution is 0.416. The molecule has 0 saturated heterocycles. The normalized spacial score (nSPS) is 10.4. The van der Waals surface area contributed by atoms with Crippen LogP contribution in [0.3, 0.4) is 0 Å². The highest BCUT2D eigenvalue weighted by molar-refractivity contribution is 7.14. The lowest BCUT2D eigenvalue weighted by Crippen LogP contribution is -2.01. The summed E-state index contributed by atoms with van der Waals surface area (Å²) in [7, 11) is 1.65. The number of rotatable bonds is 4. The van der Waals surface area contributed by atoms with E-state index < -0.39 is 0 Å². The first-order chi connectivity index (χ1) is 7.85. The molecule has 0 radical (unpaired) electrons. The molecule has 16 heavy (non-hydrogen) atoms. The maximum absolute atomic E-state index is 5.48. The molecule has 84 valence electrons. The van der Waals surface area contributed by atoms with Gasteiger partial charge in [-0.25, -0.2) is 0 Å². The van der Waals surface area contributed by atoms with Crippen molar-refractivity contribution in [3.05, 3.63) is 29.3 Å². The summed E-state index contributed by atoms with van der Waals surface area (Å²) in [6.45, 7) is 0.598. The van der Waals surface area contributed by atoms with Crippen molar-refractivity contribution >= 4 is 11.3 Å². The molecule has 4 nitrogen and oxygen atoms in total. The maximum atomic E-state index is 5.48. The van der Waals surface area contributed by atoms with E-state index in [0.29, 0.717) is 6.54 Å². The highest BCUT2D eigenvalue weighted by Gasteiger charge is 2.10. The van der Waals surface area contributed by atoms with Crippen LogP contribution in [0.15, 0.2) is 24.3 Å². The summed E-state index contributed by atoms with van der Waals surface area (Å²) in [4.78, 5) is 0. The minimum Gasteiger partial charge on any atom is -0.496 e. The third kappa shape index (κ3) is 2.20. The lowest BCUT2D eigenvalue weighted by Gasteiger charge is -2.03. The van der Waals surface area contributed by atoms with E-state index >= 15 is 0 Å². The first-order valence-corrected chi connectivity index (χ1v) is 5.82. The topological polar surface area (TPSA) is 61.0 Å². The molecule has 0 amide bonds. The Morgan fingerprint density at radius 1 is 1.31 bits per heavy atom. The van der Waals surface area contributed by atoms with Gasteiger partial charge in [0.2, 0.25) is 0 Å². The number of para-hydroxylation sites is 1. The Kier molecular flexibility index (Phi) is 3.48. The van der Waals surface area contributed by atoms with E-state index in [9.17, 15) is 0 Å². The summed E-state index contributed by atoms with van der Waals surface area (Å²) in [6, 6.07) is 7.79. The second-order valence-corrected chi connectivity index (χ2v) is 4.30. The Morgan fingerprint density at radius 3 is 2.88 bits per heavy atom. The molecule has 2 rings (SSSR count). The summed E-state index contributed by atoms with van der Waals surface area (Å²) >= 11 is 1.56. The van der Waals surface area contributed by atoms with Gasteiger partial charge in [0, 0.05) is 6.42 Å². The Morgan fingerprint density at radius 2 is 2.12 bits per heavy atom. The molecule has 1 aromatic heterocycles. The van der Waals surface area contributed by atoms with Gasteiger partial charge in [-0.1, -0.05) is 23.5 Å². The Balaban J connectivity index is 2.34. The monoisotopic (exact) mass is 235 g/mol. The van der Waals surface area contributed by atoms with Gasteiger partial charge < -0.3 is 10.5 Å². The van der Waals surface area contributed by atoms with Crippen LogP contribution in [0.2, 0.25) is 0 Å². The third-order valence-corrected chi connectivity index (χ3v) is 3.18. The standard InChI is InChI=1S/C11H13N3OS/c1-15-9-5-3-2-4-8(9)11-14-13-10(16-11)6-7-12/h2-5H,6-7,12H2,1H3. The Hall–Kier alpha value is -1.46. The summed E-state index contributed by atoms with van der Waals surface area (Å²) in [5.41, 5.74) is 6.46. The van der Waals surface area contributed by atoms with Crippen LogP contribution in [-0.2, 0) is 6.42 Å². The van der Waals surface area contributed by atoms with Gasteiger partial charge in [0.15, 0.2) is 5.01 Å². The van der Waals surface area contributed by atoms with Crippen LogP contribution in [-0.4, -0.2) is 23.9 Å². The van der Waals surface area contributed by atoms with E-state index in [1.54, 1.807) is 18.4 Å². The number of ether oxygens (including phenoxy) is 1. The molecule has 0 bridgehead atoms. The van der Waals surface area contributed by atoms with Crippen molar-refractivity contribution in [2.75, 3.05) is 13.7 Å². The van der Waals surface area contributed by atoms with Crippen LogP contribution >= 0.6 is 11.3 Å². The van der Waals surface area contributed by atoms with E-state index in [4.69, 9.17) is 10.5 Å². The average Bonchev–Trinajstić information content (AvgIpc) is 2.78. The number of benzene rings is 1. The zero-order valence-electron chi connectivity index (χ0n) is 9.01. The van der Waals surface area contributed by atoms with Crippen LogP contribution in [0.25, 0.3) is 10.6 Å². The molecule has 2 N–H and O–H groups in total. The van der Waals surface area contributed by atoms with Crippen molar-refractivity contribution in [3.63, 3.8) is 0 Å². The van der Waals surface area contributed by atoms with Gasteiger partial charge in [-0.3, -0.25) is 0 Å². The van der Waals surface area contributed by atoms with Gasteiger partial charge in [0.1, 0.15) is 10.8 Å². The number of nitrogens with zero attached hydrogens (tertiary/aromatic N) is 2. The van der Waals surface area contributed by atoms with Crippen LogP contribution < -0.4 is 10.5 Å². The second-order valence-electron chi connectivity index (χ2n) is 3.24. The van der Waals surface area contributed by atoms with Crippen molar-refractivity contribution in [2.45, 2.75) is 6.42 Å². The Labute approximate surface area is 98.1 Å². The van der Waals surface area contributed by atoms with Gasteiger partial charge in [0.05, 0.1) is 12.7 Å². The van der Waals surface area contributed by atoms with Gasteiger partial charge >= 0.3 is 0 Å². The number of aromatic nitrogens is 2. The highest BCUT2D eigenvalue weighted by Crippen LogP contribution is 2.31. The van der Waals surface area contributed by atoms with Crippen LogP contribution in [0.1, 0.15) is 5.01 Å². The molecule has 0 saturated carbocycles. The van der Waals surface area contributed by atoms with Gasteiger partial charge in [0.25, 0.3) is 0 Å². The average molecular weight is 235 g/mol. The quantitative estimate of drug-likeness (QED) is 0.876. The fraction of sp³-hybridized carbons (Fsp3) is 0.273. The SMILES string of the molecule is COc1ccccc1-c1nnc(CCN)s1. The zero-order valence-corrected chi connectivity index (χ0v) is 9.83. The highest BCUT2D eigenvalue weighted by atomic mass is 32.1. The third-order valence-electron chi connectivity index (χ3n) is 2.16. The molecule has 1 heterocycles. The Bertz CT molecular complexity index is 470. The van der Waals surface area contributed by atoms with Crippen LogP contribution in [0.5, 0.6) is 5.75 Å². The molecule has 0 spiro atoms. The van der Waals surface area contributed by atoms with Crippen molar-refractivity contribution in [2.24, 2.45) is 5.73 Å². The summed E-state index contributed by atoms with van der Waals surface area (Å²) in [5, 5.41) is 10.1. The fourth-order valence-electron chi connectivity index (χ4n) is 1.41. The van der Waals surface area contributed by atoms with Crippen molar-refractivity contribution in [3.8, 4) is 16.3 Å². The molecule has 0 atom stereocenters. The molecule has 0 aliphatic rings. The number of hydrogen-bond donors (Lipinski definition) is 1. The van der Waals surface area contributed by atoms with Crippen LogP contribution in [0, 0.1) is 0 Å². The maximum Gasteiger partial charge on any atom is 0.151 e. The van der Waals surface area contributed by atoms with E-state index in [1.165, 1.54) is 0 Å². The summed E-state index contributed by atoms with van der Waals surface area (Å²) in [6.07, 6.45) is 0.771. The number of methoxy groups -OCH3 is 1. The summed E-state index contributed by atoms with van der Waals surface area (Å²) < 4.78 is 5.28. The minimum atomic E-state index is 0.598. The first-order valence-electron chi connectivity index (χ1n) is 5.01. The van der Waals surface area contributed by atoms with Crippen molar-refractivity contribution < 1.29 is 4.74 Å². The van der Waals surface area contributed by atoms with Gasteiger partial charge in [-0.15, -0.1) is 10.2 Å². The number of nitrogens with two attached hydrogens (primary N) is 1. The lowest BCUT2D eigenvalue weighted by atomic mass is 10.2. The molecule has 0 aliphatic heterocycles. The van der Waals surface area contributed by atoms with Crippen molar-refractivity contribution in [1.82, 2.24) is 10.2 Å². The predicted octanol–water partition coefficient (Wildman–Crippen LogP) is 1.71. The van der Waals surface area contributed by atoms with E-state index in [0.717, 1.165) is 27.7 Å². The van der Waals surface area contributed by atoms with E-state index in [-0.39, 0.29) is 0 Å². The molecule has 0 aliphatic carbocycles. The number of hydrogen-bond acceptors (Lipinski definition) is 5. The molecular formula is C11H13N3OS. The predicted molar refractivity (Wildman–Crippen MR) is 64.7 cm³/mol. The largest absolute Gasteiger partial charge is 0.496 e. The molecule has 0 fully saturated rings. The van der Waals surface area contributed by atoms with E-state index in [1.807, 2.05) is 24.3 Å². The van der Waals surface area contributed by atoms with E-state index in [2.05, 4.69) is 10.2 Å². The van der Waals surface area contributed by atoms with Crippen molar-refractivity contribution in [1.29, 1.82) is 0 Å². The molecule has 0 unspecified atom stereocenters. The first kappa shape index (κ1) is 11.0. The summed E-state index contributed by atoms with van der Waals surface area (Å²) in [5.74, 6) is 0.818. The smallest absolute Gasteiger partial charge is 0.151 e. The minimum absolute atomic E-state index is 0.598. The fourth-order valence-corrected chi connectivity index (χ4v) is 2.29. The van der Waals surface area contributed by atoms with Gasteiger partial charge in [-0.05, 0) is 18.7 Å². The molecular weight excluding hydrogens is 222 g/mol. The van der Waals surface area contributed by atoms with Gasteiger partial charge in [-0.2, -0.15) is 0 Å². The molecule has 5 heteroatoms. The molecule has 2 aromatic rings. The zero-order chi connectivity index (χ0) is 11.4. The second kappa shape index (κ2) is 5.05. The molecule has 1 aromatic carbocycles. The van der Waals surface area contributed by atoms with Crippen LogP contribution in [0.4, 0.5) is 0 Å².